The van der Waals surface area contributed by atoms with Crippen molar-refractivity contribution in [2.45, 2.75) is 70.6 Å². The van der Waals surface area contributed by atoms with Gasteiger partial charge in [-0.2, -0.15) is 0 Å². The average molecular weight is 354 g/mol. The molecule has 2 amide bonds. The molecule has 8 nitrogen and oxygen atoms in total. The van der Waals surface area contributed by atoms with E-state index in [1.165, 1.54) is 0 Å². The lowest BCUT2D eigenvalue weighted by Gasteiger charge is -2.49. The second-order valence-electron chi connectivity index (χ2n) is 7.97. The van der Waals surface area contributed by atoms with Crippen molar-refractivity contribution in [3.05, 3.63) is 0 Å². The van der Waals surface area contributed by atoms with Crippen molar-refractivity contribution in [1.29, 1.82) is 0 Å². The van der Waals surface area contributed by atoms with Crippen LogP contribution in [-0.2, 0) is 19.1 Å². The first kappa shape index (κ1) is 18.1. The molecule has 0 spiro atoms. The normalized spacial score (nSPS) is 37.9. The van der Waals surface area contributed by atoms with Gasteiger partial charge in [-0.1, -0.05) is 27.7 Å². The summed E-state index contributed by atoms with van der Waals surface area (Å²) in [5.41, 5.74) is -2.18. The van der Waals surface area contributed by atoms with E-state index in [0.29, 0.717) is 25.8 Å². The number of nitrogens with zero attached hydrogens (tertiary/aromatic N) is 2. The van der Waals surface area contributed by atoms with E-state index >= 15 is 0 Å². The Labute approximate surface area is 146 Å². The number of carbonyl (C=O) groups excluding carboxylic acids is 2. The standard InChI is InChI=1S/C17H26N2O6/c1-9(2)8-11-13(20)18-7-5-6-12(18)17(24)19(11)14(21)16(25-17,10(3)4)15(22)23/h9-12,24H,5-8H2,1-4H3,(H,22,23)/t11-,12+,16+,17-/m0/s1. The van der Waals surface area contributed by atoms with Gasteiger partial charge >= 0.3 is 5.97 Å². The van der Waals surface area contributed by atoms with Gasteiger partial charge in [0.1, 0.15) is 12.1 Å². The van der Waals surface area contributed by atoms with Crippen LogP contribution in [0.3, 0.4) is 0 Å². The Kier molecular flexibility index (Phi) is 4.11. The molecule has 0 radical (unpaired) electrons. The number of carbonyl (C=O) groups is 3. The molecule has 0 aromatic heterocycles. The van der Waals surface area contributed by atoms with Gasteiger partial charge in [-0.25, -0.2) is 4.79 Å². The molecule has 3 aliphatic rings. The van der Waals surface area contributed by atoms with E-state index < -0.39 is 41.4 Å². The molecule has 0 saturated carbocycles. The SMILES string of the molecule is CC(C)C[C@H]1C(=O)N2CCC[C@@H]2[C@]2(O)O[C@](C(=O)O)(C(C)C)C(=O)N12. The number of piperazine rings is 1. The van der Waals surface area contributed by atoms with Crippen molar-refractivity contribution in [3.63, 3.8) is 0 Å². The van der Waals surface area contributed by atoms with Crippen molar-refractivity contribution in [2.24, 2.45) is 11.8 Å². The number of rotatable bonds is 4. The molecule has 3 saturated heterocycles. The fraction of sp³-hybridized carbons (Fsp3) is 0.824. The first-order valence-electron chi connectivity index (χ1n) is 8.87. The molecule has 0 unspecified atom stereocenters. The van der Waals surface area contributed by atoms with Gasteiger partial charge in [-0.15, -0.1) is 0 Å². The van der Waals surface area contributed by atoms with Crippen molar-refractivity contribution >= 4 is 17.8 Å². The molecule has 3 rings (SSSR count). The molecule has 140 valence electrons. The van der Waals surface area contributed by atoms with Crippen LogP contribution in [0.25, 0.3) is 0 Å². The minimum Gasteiger partial charge on any atom is -0.479 e. The molecule has 0 aromatic carbocycles. The maximum absolute atomic E-state index is 13.2. The molecular formula is C17H26N2O6. The van der Waals surface area contributed by atoms with Gasteiger partial charge in [0, 0.05) is 12.5 Å². The highest BCUT2D eigenvalue weighted by Crippen LogP contribution is 2.48. The zero-order valence-electron chi connectivity index (χ0n) is 15.1. The summed E-state index contributed by atoms with van der Waals surface area (Å²) < 4.78 is 5.69. The second-order valence-corrected chi connectivity index (χ2v) is 7.97. The molecule has 3 heterocycles. The largest absolute Gasteiger partial charge is 0.479 e. The molecule has 4 atom stereocenters. The Morgan fingerprint density at radius 1 is 1.32 bits per heavy atom. The number of carboxylic acids is 1. The average Bonchev–Trinajstić information content (AvgIpc) is 3.07. The maximum atomic E-state index is 13.2. The molecule has 0 bridgehead atoms. The van der Waals surface area contributed by atoms with E-state index in [1.807, 2.05) is 13.8 Å². The Bertz CT molecular complexity index is 620. The topological polar surface area (TPSA) is 107 Å². The van der Waals surface area contributed by atoms with Crippen LogP contribution in [0.2, 0.25) is 0 Å². The molecule has 3 aliphatic heterocycles. The number of hydrogen-bond donors (Lipinski definition) is 2. The van der Waals surface area contributed by atoms with Crippen LogP contribution in [0.5, 0.6) is 0 Å². The number of carboxylic acid groups (broad SMARTS) is 1. The minimum absolute atomic E-state index is 0.0871. The van der Waals surface area contributed by atoms with Gasteiger partial charge in [-0.3, -0.25) is 14.5 Å². The second kappa shape index (κ2) is 5.67. The zero-order valence-corrected chi connectivity index (χ0v) is 15.1. The van der Waals surface area contributed by atoms with E-state index in [1.54, 1.807) is 18.7 Å². The van der Waals surface area contributed by atoms with Gasteiger partial charge in [0.2, 0.25) is 11.5 Å². The first-order valence-corrected chi connectivity index (χ1v) is 8.87. The predicted octanol–water partition coefficient (Wildman–Crippen LogP) is 0.390. The van der Waals surface area contributed by atoms with Crippen LogP contribution in [0, 0.1) is 11.8 Å². The van der Waals surface area contributed by atoms with Crippen molar-refractivity contribution < 1.29 is 29.3 Å². The number of fused-ring (bicyclic) bond motifs is 3. The summed E-state index contributed by atoms with van der Waals surface area (Å²) in [5.74, 6) is -5.20. The maximum Gasteiger partial charge on any atom is 0.346 e. The van der Waals surface area contributed by atoms with Crippen LogP contribution in [0.1, 0.15) is 47.0 Å². The zero-order chi connectivity index (χ0) is 18.7. The molecule has 2 N–H and O–H groups in total. The highest BCUT2D eigenvalue weighted by Gasteiger charge is 2.73. The molecular weight excluding hydrogens is 328 g/mol. The van der Waals surface area contributed by atoms with E-state index in [4.69, 9.17) is 4.74 Å². The lowest BCUT2D eigenvalue weighted by molar-refractivity contribution is -0.317. The molecule has 3 fully saturated rings. The minimum atomic E-state index is -2.18. The van der Waals surface area contributed by atoms with Gasteiger partial charge in [-0.05, 0) is 25.2 Å². The highest BCUT2D eigenvalue weighted by atomic mass is 16.7. The van der Waals surface area contributed by atoms with Crippen LogP contribution < -0.4 is 0 Å². The van der Waals surface area contributed by atoms with E-state index in [2.05, 4.69) is 0 Å². The molecule has 0 aliphatic carbocycles. The summed E-state index contributed by atoms with van der Waals surface area (Å²) in [6.45, 7) is 7.44. The number of aliphatic carboxylic acids is 1. The van der Waals surface area contributed by atoms with Gasteiger partial charge < -0.3 is 19.8 Å². The number of amides is 2. The van der Waals surface area contributed by atoms with Crippen molar-refractivity contribution in [1.82, 2.24) is 9.80 Å². The summed E-state index contributed by atoms with van der Waals surface area (Å²) >= 11 is 0. The number of ether oxygens (including phenoxy) is 1. The fourth-order valence-corrected chi connectivity index (χ4v) is 4.37. The monoisotopic (exact) mass is 354 g/mol. The van der Waals surface area contributed by atoms with Gasteiger partial charge in [0.05, 0.1) is 0 Å². The Balaban J connectivity index is 2.15. The van der Waals surface area contributed by atoms with Crippen molar-refractivity contribution in [3.8, 4) is 0 Å². The summed E-state index contributed by atoms with van der Waals surface area (Å²) in [5, 5.41) is 21.1. The summed E-state index contributed by atoms with van der Waals surface area (Å²) in [6, 6.07) is -1.64. The fourth-order valence-electron chi connectivity index (χ4n) is 4.37. The smallest absolute Gasteiger partial charge is 0.346 e. The van der Waals surface area contributed by atoms with E-state index in [-0.39, 0.29) is 11.8 Å². The Morgan fingerprint density at radius 2 is 1.96 bits per heavy atom. The van der Waals surface area contributed by atoms with Gasteiger partial charge in [0.15, 0.2) is 0 Å². The lowest BCUT2D eigenvalue weighted by atomic mass is 9.88. The summed E-state index contributed by atoms with van der Waals surface area (Å²) in [4.78, 5) is 40.7. The van der Waals surface area contributed by atoms with Crippen LogP contribution >= 0.6 is 0 Å². The Hall–Kier alpha value is -1.67. The quantitative estimate of drug-likeness (QED) is 0.707. The summed E-state index contributed by atoms with van der Waals surface area (Å²) in [7, 11) is 0. The van der Waals surface area contributed by atoms with Crippen LogP contribution in [0.4, 0.5) is 0 Å². The number of aliphatic hydroxyl groups is 1. The molecule has 0 aromatic rings. The molecule has 8 heteroatoms. The summed E-state index contributed by atoms with van der Waals surface area (Å²) in [6.07, 6.45) is 1.49. The third kappa shape index (κ3) is 2.23. The third-order valence-corrected chi connectivity index (χ3v) is 5.59. The third-order valence-electron chi connectivity index (χ3n) is 5.59. The van der Waals surface area contributed by atoms with E-state index in [9.17, 15) is 24.6 Å². The van der Waals surface area contributed by atoms with Crippen LogP contribution in [0.15, 0.2) is 0 Å². The predicted molar refractivity (Wildman–Crippen MR) is 86.1 cm³/mol. The van der Waals surface area contributed by atoms with Gasteiger partial charge in [0.25, 0.3) is 11.8 Å². The lowest BCUT2D eigenvalue weighted by Crippen LogP contribution is -2.71. The Morgan fingerprint density at radius 3 is 2.48 bits per heavy atom. The molecule has 25 heavy (non-hydrogen) atoms. The van der Waals surface area contributed by atoms with Crippen LogP contribution in [-0.4, -0.2) is 67.9 Å². The number of hydrogen-bond acceptors (Lipinski definition) is 5. The van der Waals surface area contributed by atoms with Crippen molar-refractivity contribution in [2.75, 3.05) is 6.54 Å². The first-order chi connectivity index (χ1) is 11.6. The van der Waals surface area contributed by atoms with E-state index in [0.717, 1.165) is 4.90 Å². The highest BCUT2D eigenvalue weighted by molar-refractivity contribution is 6.09.